The summed E-state index contributed by atoms with van der Waals surface area (Å²) in [5.74, 6) is -0.566. The van der Waals surface area contributed by atoms with Crippen molar-refractivity contribution in [1.82, 2.24) is 0 Å². The molecule has 2 rings (SSSR count). The lowest BCUT2D eigenvalue weighted by Gasteiger charge is -2.16. The van der Waals surface area contributed by atoms with Gasteiger partial charge in [-0.1, -0.05) is 18.2 Å². The first-order chi connectivity index (χ1) is 9.84. The molecule has 0 aliphatic carbocycles. The van der Waals surface area contributed by atoms with Crippen LogP contribution < -0.4 is 4.74 Å². The first-order valence-electron chi connectivity index (χ1n) is 6.02. The molecule has 112 valence electrons. The van der Waals surface area contributed by atoms with E-state index in [2.05, 4.69) is 0 Å². The van der Waals surface area contributed by atoms with Gasteiger partial charge >= 0.3 is 6.18 Å². The lowest BCUT2D eigenvalue weighted by Crippen LogP contribution is -2.08. The van der Waals surface area contributed by atoms with Crippen LogP contribution in [0.5, 0.6) is 5.75 Å². The second kappa shape index (κ2) is 5.73. The van der Waals surface area contributed by atoms with Crippen LogP contribution in [0.4, 0.5) is 17.6 Å². The van der Waals surface area contributed by atoms with E-state index >= 15 is 0 Å². The molecular weight excluding hydrogens is 288 g/mol. The van der Waals surface area contributed by atoms with E-state index in [4.69, 9.17) is 4.74 Å². The molecule has 1 unspecified atom stereocenters. The topological polar surface area (TPSA) is 29.5 Å². The molecule has 0 saturated carbocycles. The van der Waals surface area contributed by atoms with Crippen LogP contribution in [0, 0.1) is 5.82 Å². The lowest BCUT2D eigenvalue weighted by molar-refractivity contribution is -0.137. The van der Waals surface area contributed by atoms with Crippen molar-refractivity contribution < 1.29 is 27.4 Å². The number of benzene rings is 2. The number of rotatable bonds is 3. The third kappa shape index (κ3) is 3.16. The van der Waals surface area contributed by atoms with Crippen molar-refractivity contribution in [2.45, 2.75) is 12.3 Å². The van der Waals surface area contributed by atoms with Crippen LogP contribution in [0.2, 0.25) is 0 Å². The van der Waals surface area contributed by atoms with Gasteiger partial charge in [0.15, 0.2) is 0 Å². The number of alkyl halides is 3. The number of hydrogen-bond acceptors (Lipinski definition) is 2. The summed E-state index contributed by atoms with van der Waals surface area (Å²) in [5.41, 5.74) is -0.801. The highest BCUT2D eigenvalue weighted by atomic mass is 19.4. The number of halogens is 4. The lowest BCUT2D eigenvalue weighted by atomic mass is 9.99. The van der Waals surface area contributed by atoms with Crippen molar-refractivity contribution in [2.24, 2.45) is 0 Å². The third-order valence-corrected chi connectivity index (χ3v) is 3.06. The predicted molar refractivity (Wildman–Crippen MR) is 68.5 cm³/mol. The fraction of sp³-hybridized carbons (Fsp3) is 0.200. The fourth-order valence-corrected chi connectivity index (χ4v) is 1.98. The molecule has 0 bridgehead atoms. The SMILES string of the molecule is COc1cccc(F)c1C(O)c1ccc(C(F)(F)F)cc1. The Bertz CT molecular complexity index is 621. The first-order valence-corrected chi connectivity index (χ1v) is 6.02. The molecular formula is C15H12F4O2. The van der Waals surface area contributed by atoms with Crippen molar-refractivity contribution in [3.63, 3.8) is 0 Å². The summed E-state index contributed by atoms with van der Waals surface area (Å²) in [4.78, 5) is 0. The Balaban J connectivity index is 2.39. The van der Waals surface area contributed by atoms with E-state index in [1.54, 1.807) is 0 Å². The normalized spacial score (nSPS) is 13.0. The second-order valence-electron chi connectivity index (χ2n) is 4.38. The molecule has 1 N–H and O–H groups in total. The van der Waals surface area contributed by atoms with Gasteiger partial charge in [-0.05, 0) is 29.8 Å². The Labute approximate surface area is 118 Å². The minimum Gasteiger partial charge on any atom is -0.496 e. The van der Waals surface area contributed by atoms with Crippen molar-refractivity contribution in [1.29, 1.82) is 0 Å². The van der Waals surface area contributed by atoms with Gasteiger partial charge in [0.2, 0.25) is 0 Å². The Morgan fingerprint density at radius 1 is 1.05 bits per heavy atom. The zero-order chi connectivity index (χ0) is 15.6. The van der Waals surface area contributed by atoms with Gasteiger partial charge in [0.05, 0.1) is 18.2 Å². The van der Waals surface area contributed by atoms with E-state index in [0.29, 0.717) is 0 Å². The molecule has 0 aromatic heterocycles. The van der Waals surface area contributed by atoms with Gasteiger partial charge in [-0.15, -0.1) is 0 Å². The van der Waals surface area contributed by atoms with Crippen LogP contribution in [-0.4, -0.2) is 12.2 Å². The van der Waals surface area contributed by atoms with Crippen molar-refractivity contribution >= 4 is 0 Å². The van der Waals surface area contributed by atoms with Crippen LogP contribution in [0.3, 0.4) is 0 Å². The van der Waals surface area contributed by atoms with E-state index in [9.17, 15) is 22.7 Å². The Morgan fingerprint density at radius 3 is 2.19 bits per heavy atom. The minimum absolute atomic E-state index is 0.111. The average molecular weight is 300 g/mol. The number of aliphatic hydroxyl groups excluding tert-OH is 1. The molecule has 1 atom stereocenters. The van der Waals surface area contributed by atoms with Gasteiger partial charge in [-0.3, -0.25) is 0 Å². The quantitative estimate of drug-likeness (QED) is 0.870. The molecule has 0 radical (unpaired) electrons. The Hall–Kier alpha value is -2.08. The van der Waals surface area contributed by atoms with Gasteiger partial charge in [0, 0.05) is 0 Å². The van der Waals surface area contributed by atoms with Crippen LogP contribution in [-0.2, 0) is 6.18 Å². The number of methoxy groups -OCH3 is 1. The molecule has 2 aromatic carbocycles. The van der Waals surface area contributed by atoms with Crippen LogP contribution >= 0.6 is 0 Å². The average Bonchev–Trinajstić information content (AvgIpc) is 2.45. The highest BCUT2D eigenvalue weighted by molar-refractivity contribution is 5.41. The number of aliphatic hydroxyl groups is 1. The van der Waals surface area contributed by atoms with E-state index in [0.717, 1.165) is 30.3 Å². The summed E-state index contributed by atoms with van der Waals surface area (Å²) < 4.78 is 56.2. The molecule has 0 aliphatic heterocycles. The second-order valence-corrected chi connectivity index (χ2v) is 4.38. The van der Waals surface area contributed by atoms with Crippen LogP contribution in [0.1, 0.15) is 22.8 Å². The van der Waals surface area contributed by atoms with Gasteiger partial charge in [-0.2, -0.15) is 13.2 Å². The molecule has 6 heteroatoms. The van der Waals surface area contributed by atoms with E-state index in [-0.39, 0.29) is 16.9 Å². The van der Waals surface area contributed by atoms with E-state index in [1.807, 2.05) is 0 Å². The fourth-order valence-electron chi connectivity index (χ4n) is 1.98. The van der Waals surface area contributed by atoms with Crippen molar-refractivity contribution in [2.75, 3.05) is 7.11 Å². The van der Waals surface area contributed by atoms with Crippen molar-refractivity contribution in [3.8, 4) is 5.75 Å². The molecule has 0 fully saturated rings. The zero-order valence-corrected chi connectivity index (χ0v) is 11.0. The summed E-state index contributed by atoms with van der Waals surface area (Å²) in [6.45, 7) is 0. The van der Waals surface area contributed by atoms with Gasteiger partial charge < -0.3 is 9.84 Å². The largest absolute Gasteiger partial charge is 0.496 e. The molecule has 2 nitrogen and oxygen atoms in total. The molecule has 21 heavy (non-hydrogen) atoms. The molecule has 0 heterocycles. The highest BCUT2D eigenvalue weighted by Crippen LogP contribution is 2.34. The minimum atomic E-state index is -4.46. The number of ether oxygens (including phenoxy) is 1. The Kier molecular flexibility index (Phi) is 4.18. The zero-order valence-electron chi connectivity index (χ0n) is 11.0. The number of hydrogen-bond donors (Lipinski definition) is 1. The molecule has 0 amide bonds. The maximum atomic E-state index is 13.8. The highest BCUT2D eigenvalue weighted by Gasteiger charge is 2.30. The standard InChI is InChI=1S/C15H12F4O2/c1-21-12-4-2-3-11(16)13(12)14(20)9-5-7-10(8-6-9)15(17,18)19/h2-8,14,20H,1H3. The summed E-state index contributed by atoms with van der Waals surface area (Å²) in [6, 6.07) is 7.92. The van der Waals surface area contributed by atoms with Gasteiger partial charge in [0.25, 0.3) is 0 Å². The van der Waals surface area contributed by atoms with E-state index in [1.165, 1.54) is 19.2 Å². The predicted octanol–water partition coefficient (Wildman–Crippen LogP) is 3.93. The summed E-state index contributed by atoms with van der Waals surface area (Å²) in [6.07, 6.45) is -5.87. The summed E-state index contributed by atoms with van der Waals surface area (Å²) in [5, 5.41) is 10.2. The smallest absolute Gasteiger partial charge is 0.416 e. The molecule has 0 saturated heterocycles. The maximum absolute atomic E-state index is 13.8. The summed E-state index contributed by atoms with van der Waals surface area (Å²) >= 11 is 0. The molecule has 0 spiro atoms. The molecule has 0 aliphatic rings. The first kappa shape index (κ1) is 15.3. The molecule has 2 aromatic rings. The third-order valence-electron chi connectivity index (χ3n) is 3.06. The Morgan fingerprint density at radius 2 is 1.67 bits per heavy atom. The van der Waals surface area contributed by atoms with Crippen LogP contribution in [0.15, 0.2) is 42.5 Å². The van der Waals surface area contributed by atoms with Crippen molar-refractivity contribution in [3.05, 3.63) is 65.0 Å². The maximum Gasteiger partial charge on any atom is 0.416 e. The van der Waals surface area contributed by atoms with Gasteiger partial charge in [-0.25, -0.2) is 4.39 Å². The monoisotopic (exact) mass is 300 g/mol. The van der Waals surface area contributed by atoms with Gasteiger partial charge in [0.1, 0.15) is 17.7 Å². The summed E-state index contributed by atoms with van der Waals surface area (Å²) in [7, 11) is 1.32. The van der Waals surface area contributed by atoms with E-state index < -0.39 is 23.7 Å². The van der Waals surface area contributed by atoms with Crippen LogP contribution in [0.25, 0.3) is 0 Å².